The van der Waals surface area contributed by atoms with E-state index in [4.69, 9.17) is 0 Å². The molecule has 0 bridgehead atoms. The number of para-hydroxylation sites is 1. The molecule has 9 aromatic rings. The first-order valence-corrected chi connectivity index (χ1v) is 17.9. The second kappa shape index (κ2) is 13.5. The summed E-state index contributed by atoms with van der Waals surface area (Å²) < 4.78 is 0. The van der Waals surface area contributed by atoms with Gasteiger partial charge in [0.25, 0.3) is 0 Å². The van der Waals surface area contributed by atoms with Gasteiger partial charge in [0.05, 0.1) is 0 Å². The zero-order valence-electron chi connectivity index (χ0n) is 29.1. The second-order valence-electron chi connectivity index (χ2n) is 13.4. The predicted octanol–water partition coefficient (Wildman–Crippen LogP) is 14.2. The molecule has 9 rings (SSSR count). The fourth-order valence-electron chi connectivity index (χ4n) is 7.50. The highest BCUT2D eigenvalue weighted by Gasteiger charge is 2.15. The maximum Gasteiger partial charge on any atom is 0.0467 e. The molecular weight excluding hydrogens is 627 g/mol. The number of benzene rings is 9. The highest BCUT2D eigenvalue weighted by atomic mass is 15.1. The Balaban J connectivity index is 1.11. The highest BCUT2D eigenvalue weighted by Crippen LogP contribution is 2.39. The maximum absolute atomic E-state index is 2.35. The molecule has 0 radical (unpaired) electrons. The van der Waals surface area contributed by atoms with Crippen molar-refractivity contribution in [2.24, 2.45) is 0 Å². The molecule has 0 aliphatic carbocycles. The van der Waals surface area contributed by atoms with Crippen LogP contribution in [0.5, 0.6) is 0 Å². The van der Waals surface area contributed by atoms with E-state index in [2.05, 4.69) is 218 Å². The summed E-state index contributed by atoms with van der Waals surface area (Å²) >= 11 is 0. The maximum atomic E-state index is 2.35. The Bertz CT molecular complexity index is 2720. The van der Waals surface area contributed by atoms with E-state index < -0.39 is 0 Å². The van der Waals surface area contributed by atoms with Crippen LogP contribution >= 0.6 is 0 Å². The van der Waals surface area contributed by atoms with Crippen molar-refractivity contribution < 1.29 is 0 Å². The van der Waals surface area contributed by atoms with E-state index in [1.54, 1.807) is 0 Å². The number of rotatable bonds is 7. The number of hydrogen-bond acceptors (Lipinski definition) is 1. The van der Waals surface area contributed by atoms with Gasteiger partial charge in [0, 0.05) is 17.1 Å². The monoisotopic (exact) mass is 663 g/mol. The molecule has 0 spiro atoms. The lowest BCUT2D eigenvalue weighted by Gasteiger charge is -2.26. The second-order valence-corrected chi connectivity index (χ2v) is 13.4. The summed E-state index contributed by atoms with van der Waals surface area (Å²) in [6.07, 6.45) is 2.31. The fraction of sp³-hybridized carbons (Fsp3) is 0.0196. The van der Waals surface area contributed by atoms with Crippen LogP contribution in [0.3, 0.4) is 0 Å². The number of hydrogen-bond donors (Lipinski definition) is 0. The third-order valence-electron chi connectivity index (χ3n) is 10.2. The molecule has 0 fully saturated rings. The molecule has 0 aliphatic heterocycles. The van der Waals surface area contributed by atoms with Gasteiger partial charge in [-0.2, -0.15) is 0 Å². The molecule has 246 valence electrons. The first kappa shape index (κ1) is 31.3. The zero-order valence-corrected chi connectivity index (χ0v) is 29.1. The van der Waals surface area contributed by atoms with Gasteiger partial charge in [0.2, 0.25) is 0 Å². The Morgan fingerprint density at radius 3 is 1.75 bits per heavy atom. The molecule has 0 aromatic heterocycles. The molecule has 0 atom stereocenters. The van der Waals surface area contributed by atoms with Crippen LogP contribution in [-0.4, -0.2) is 0 Å². The summed E-state index contributed by atoms with van der Waals surface area (Å²) in [5, 5.41) is 7.68. The topological polar surface area (TPSA) is 3.24 Å². The van der Waals surface area contributed by atoms with Gasteiger partial charge in [0.1, 0.15) is 0 Å². The van der Waals surface area contributed by atoms with E-state index >= 15 is 0 Å². The van der Waals surface area contributed by atoms with Crippen molar-refractivity contribution in [1.82, 2.24) is 0 Å². The van der Waals surface area contributed by atoms with Gasteiger partial charge < -0.3 is 4.90 Å². The summed E-state index contributed by atoms with van der Waals surface area (Å²) in [6, 6.07) is 72.4. The number of aryl methyl sites for hydroxylation is 1. The third kappa shape index (κ3) is 5.93. The lowest BCUT2D eigenvalue weighted by Crippen LogP contribution is -2.10. The highest BCUT2D eigenvalue weighted by molar-refractivity contribution is 6.17. The number of anilines is 3. The molecule has 0 aliphatic rings. The van der Waals surface area contributed by atoms with E-state index in [9.17, 15) is 0 Å². The van der Waals surface area contributed by atoms with E-state index in [1.807, 2.05) is 0 Å². The van der Waals surface area contributed by atoms with Gasteiger partial charge in [-0.1, -0.05) is 158 Å². The van der Waals surface area contributed by atoms with Gasteiger partial charge in [-0.3, -0.25) is 0 Å². The third-order valence-corrected chi connectivity index (χ3v) is 10.2. The molecule has 9 aromatic carbocycles. The van der Waals surface area contributed by atoms with Crippen molar-refractivity contribution in [1.29, 1.82) is 0 Å². The van der Waals surface area contributed by atoms with Gasteiger partial charge >= 0.3 is 0 Å². The minimum absolute atomic E-state index is 1.10. The lowest BCUT2D eigenvalue weighted by molar-refractivity contribution is 1.28. The van der Waals surface area contributed by atoms with E-state index in [1.165, 1.54) is 71.3 Å². The molecule has 0 unspecified atom stereocenters. The van der Waals surface area contributed by atoms with Crippen molar-refractivity contribution in [2.45, 2.75) is 6.92 Å². The van der Waals surface area contributed by atoms with Gasteiger partial charge in [0.15, 0.2) is 0 Å². The lowest BCUT2D eigenvalue weighted by atomic mass is 9.94. The molecule has 0 saturated carbocycles. The molecular formula is C51H37N. The average molecular weight is 664 g/mol. The quantitative estimate of drug-likeness (QED) is 0.121. The Hall–Kier alpha value is -6.70. The van der Waals surface area contributed by atoms with Gasteiger partial charge in [-0.25, -0.2) is 0 Å². The van der Waals surface area contributed by atoms with Crippen molar-refractivity contribution >= 4 is 61.0 Å². The Morgan fingerprint density at radius 1 is 0.385 bits per heavy atom. The average Bonchev–Trinajstić information content (AvgIpc) is 3.21. The van der Waals surface area contributed by atoms with Crippen LogP contribution < -0.4 is 4.90 Å². The van der Waals surface area contributed by atoms with Gasteiger partial charge in [-0.05, 0) is 127 Å². The van der Waals surface area contributed by atoms with E-state index in [-0.39, 0.29) is 0 Å². The largest absolute Gasteiger partial charge is 0.310 e. The molecule has 0 N–H and O–H groups in total. The van der Waals surface area contributed by atoms with Crippen LogP contribution in [0.1, 0.15) is 22.3 Å². The van der Waals surface area contributed by atoms with Gasteiger partial charge in [-0.15, -0.1) is 0 Å². The minimum Gasteiger partial charge on any atom is -0.310 e. The predicted molar refractivity (Wildman–Crippen MR) is 224 cm³/mol. The number of fused-ring (bicyclic) bond motifs is 5. The van der Waals surface area contributed by atoms with Crippen molar-refractivity contribution in [3.63, 3.8) is 0 Å². The Morgan fingerprint density at radius 2 is 0.962 bits per heavy atom. The van der Waals surface area contributed by atoms with Crippen LogP contribution in [0, 0.1) is 6.92 Å². The van der Waals surface area contributed by atoms with Crippen LogP contribution in [0.4, 0.5) is 17.1 Å². The smallest absolute Gasteiger partial charge is 0.0467 e. The van der Waals surface area contributed by atoms with Crippen LogP contribution in [0.2, 0.25) is 0 Å². The number of nitrogens with zero attached hydrogens (tertiary/aromatic N) is 1. The van der Waals surface area contributed by atoms with Crippen molar-refractivity contribution in [3.8, 4) is 11.1 Å². The summed E-state index contributed by atoms with van der Waals surface area (Å²) in [5.74, 6) is 0. The van der Waals surface area contributed by atoms with Crippen molar-refractivity contribution in [2.75, 3.05) is 4.90 Å². The molecule has 1 heteroatoms. The summed E-state index contributed by atoms with van der Waals surface area (Å²) in [6.45, 7) is 2.17. The Kier molecular flexibility index (Phi) is 8.15. The SMILES string of the molecule is Cc1ccccc1/C=C(\c1ccccc1)c1ccc(N(c2ccccc2)c2cccc(-c3ccc4c(ccc5c6ccccc6ccc45)c3)c2)cc1. The van der Waals surface area contributed by atoms with E-state index in [0.717, 1.165) is 17.1 Å². The standard InChI is InChI=1S/C51H37N/c1-36-13-8-9-17-40(36)35-51(37-14-4-2-5-15-37)39-23-28-45(29-24-39)52(44-19-6-3-7-20-44)46-21-12-18-41(34-46)42-26-30-48-43(33-42)27-32-49-47-22-11-10-16-38(47)25-31-50(48)49/h2-35H,1H3/b51-35+. The Labute approximate surface area is 305 Å². The summed E-state index contributed by atoms with van der Waals surface area (Å²) in [7, 11) is 0. The molecule has 1 nitrogen and oxygen atoms in total. The summed E-state index contributed by atoms with van der Waals surface area (Å²) in [5.41, 5.74) is 11.8. The van der Waals surface area contributed by atoms with Crippen LogP contribution in [-0.2, 0) is 0 Å². The van der Waals surface area contributed by atoms with E-state index in [0.29, 0.717) is 0 Å². The zero-order chi connectivity index (χ0) is 34.9. The molecule has 0 heterocycles. The fourth-order valence-corrected chi connectivity index (χ4v) is 7.50. The minimum atomic E-state index is 1.10. The first-order valence-electron chi connectivity index (χ1n) is 17.9. The van der Waals surface area contributed by atoms with Crippen LogP contribution in [0.15, 0.2) is 200 Å². The summed E-state index contributed by atoms with van der Waals surface area (Å²) in [4.78, 5) is 2.35. The molecule has 0 amide bonds. The molecule has 0 saturated heterocycles. The first-order chi connectivity index (χ1) is 25.7. The van der Waals surface area contributed by atoms with Crippen LogP contribution in [0.25, 0.3) is 55.1 Å². The normalized spacial score (nSPS) is 11.7. The molecule has 52 heavy (non-hydrogen) atoms. The van der Waals surface area contributed by atoms with Crippen molar-refractivity contribution in [3.05, 3.63) is 222 Å².